The second-order valence-corrected chi connectivity index (χ2v) is 10.8. The van der Waals surface area contributed by atoms with Crippen LogP contribution in [0.15, 0.2) is 35.5 Å². The predicted molar refractivity (Wildman–Crippen MR) is 121 cm³/mol. The van der Waals surface area contributed by atoms with Gasteiger partial charge in [0.05, 0.1) is 6.10 Å². The fraction of sp³-hybridized carbons (Fsp3) is 0.778. The summed E-state index contributed by atoms with van der Waals surface area (Å²) in [6.07, 6.45) is 18.2. The lowest BCUT2D eigenvalue weighted by molar-refractivity contribution is 0.0929. The van der Waals surface area contributed by atoms with Gasteiger partial charge in [-0.15, -0.1) is 0 Å². The molecule has 0 amide bonds. The van der Waals surface area contributed by atoms with Gasteiger partial charge < -0.3 is 5.11 Å². The van der Waals surface area contributed by atoms with Crippen LogP contribution in [0.1, 0.15) is 98.3 Å². The molecule has 3 saturated carbocycles. The summed E-state index contributed by atoms with van der Waals surface area (Å²) in [5.74, 6) is 3.37. The number of aliphatic hydroxyl groups excluding tert-OH is 1. The van der Waals surface area contributed by atoms with E-state index in [2.05, 4.69) is 46.4 Å². The van der Waals surface area contributed by atoms with E-state index in [0.29, 0.717) is 5.41 Å². The molecule has 1 N–H and O–H groups in total. The molecule has 0 aromatic heterocycles. The highest BCUT2D eigenvalue weighted by Crippen LogP contribution is 2.59. The summed E-state index contributed by atoms with van der Waals surface area (Å²) in [4.78, 5) is 0. The van der Waals surface area contributed by atoms with E-state index >= 15 is 0 Å². The minimum absolute atomic E-state index is 0.172. The van der Waals surface area contributed by atoms with Crippen molar-refractivity contribution in [2.45, 2.75) is 104 Å². The second-order valence-electron chi connectivity index (χ2n) is 10.8. The maximum Gasteiger partial charge on any atom is 0.0583 e. The third-order valence-electron chi connectivity index (χ3n) is 8.35. The Morgan fingerprint density at radius 1 is 1.11 bits per heavy atom. The molecule has 3 aliphatic rings. The monoisotopic (exact) mass is 384 g/mol. The molecule has 3 rings (SSSR count). The number of hydrogen-bond donors (Lipinski definition) is 1. The van der Waals surface area contributed by atoms with Gasteiger partial charge in [-0.25, -0.2) is 0 Å². The Balaban J connectivity index is 1.70. The standard InChI is InChI=1S/C27H44O/c1-19(2)8-6-9-21(4)25-15-16-26-22(10-7-17-27(25,26)5)12-13-23-18-24(28)14-11-20(23)3/h12-13,19,21,24-26,28H,3,6-11,14-18H2,1-2,4-5H3/b22-12-,23-13+/t21-,24+,25-,26+,27-/m1/s1. The third-order valence-corrected chi connectivity index (χ3v) is 8.35. The summed E-state index contributed by atoms with van der Waals surface area (Å²) in [5, 5.41) is 10.0. The quantitative estimate of drug-likeness (QED) is 0.499. The van der Waals surface area contributed by atoms with Gasteiger partial charge in [0.15, 0.2) is 0 Å². The van der Waals surface area contributed by atoms with E-state index in [1.807, 2.05) is 0 Å². The van der Waals surface area contributed by atoms with Crippen LogP contribution >= 0.6 is 0 Å². The molecule has 1 nitrogen and oxygen atoms in total. The van der Waals surface area contributed by atoms with Crippen molar-refractivity contribution in [3.05, 3.63) is 35.5 Å². The van der Waals surface area contributed by atoms with E-state index in [9.17, 15) is 5.11 Å². The maximum atomic E-state index is 10.0. The van der Waals surface area contributed by atoms with Gasteiger partial charge in [-0.05, 0) is 86.0 Å². The van der Waals surface area contributed by atoms with Crippen LogP contribution in [0.4, 0.5) is 0 Å². The number of hydrogen-bond acceptors (Lipinski definition) is 1. The van der Waals surface area contributed by atoms with Crippen molar-refractivity contribution in [3.63, 3.8) is 0 Å². The first-order valence-electron chi connectivity index (χ1n) is 12.1. The molecule has 3 fully saturated rings. The van der Waals surface area contributed by atoms with E-state index in [0.717, 1.165) is 42.9 Å². The molecule has 1 heteroatoms. The first-order valence-corrected chi connectivity index (χ1v) is 12.1. The summed E-state index contributed by atoms with van der Waals surface area (Å²) in [7, 11) is 0. The van der Waals surface area contributed by atoms with Crippen molar-refractivity contribution >= 4 is 0 Å². The first-order chi connectivity index (χ1) is 13.3. The van der Waals surface area contributed by atoms with E-state index in [1.54, 1.807) is 5.57 Å². The average Bonchev–Trinajstić information content (AvgIpc) is 2.99. The molecular formula is C27H44O. The molecule has 0 spiro atoms. The van der Waals surface area contributed by atoms with Gasteiger partial charge in [0.1, 0.15) is 0 Å². The Bertz CT molecular complexity index is 610. The summed E-state index contributed by atoms with van der Waals surface area (Å²) in [6, 6.07) is 0. The van der Waals surface area contributed by atoms with Crippen LogP contribution in [0.3, 0.4) is 0 Å². The van der Waals surface area contributed by atoms with Crippen LogP contribution in [-0.2, 0) is 0 Å². The molecule has 0 heterocycles. The minimum atomic E-state index is -0.172. The summed E-state index contributed by atoms with van der Waals surface area (Å²) in [5.41, 5.74) is 4.72. The van der Waals surface area contributed by atoms with Gasteiger partial charge >= 0.3 is 0 Å². The molecule has 0 unspecified atom stereocenters. The Labute approximate surface area is 174 Å². The SMILES string of the molecule is C=C1CC[C@H](O)C/C1=C\C=C1\CCC[C@]2(C)[C@@H]([C@H](C)CCCC(C)C)CC[C@@H]12. The smallest absolute Gasteiger partial charge is 0.0583 e. The van der Waals surface area contributed by atoms with E-state index in [-0.39, 0.29) is 6.10 Å². The zero-order chi connectivity index (χ0) is 20.3. The molecule has 0 aliphatic heterocycles. The van der Waals surface area contributed by atoms with Crippen LogP contribution < -0.4 is 0 Å². The Morgan fingerprint density at radius 2 is 1.89 bits per heavy atom. The molecule has 3 aliphatic carbocycles. The van der Waals surface area contributed by atoms with Crippen LogP contribution in [0, 0.1) is 29.1 Å². The van der Waals surface area contributed by atoms with Crippen LogP contribution in [0.25, 0.3) is 0 Å². The van der Waals surface area contributed by atoms with Gasteiger partial charge in [-0.2, -0.15) is 0 Å². The maximum absolute atomic E-state index is 10.0. The Kier molecular flexibility index (Phi) is 7.29. The zero-order valence-electron chi connectivity index (χ0n) is 19.0. The average molecular weight is 385 g/mol. The molecule has 28 heavy (non-hydrogen) atoms. The normalized spacial score (nSPS) is 37.6. The minimum Gasteiger partial charge on any atom is -0.393 e. The lowest BCUT2D eigenvalue weighted by Gasteiger charge is -2.44. The van der Waals surface area contributed by atoms with Crippen molar-refractivity contribution in [1.82, 2.24) is 0 Å². The van der Waals surface area contributed by atoms with Gasteiger partial charge in [0.25, 0.3) is 0 Å². The molecule has 0 saturated heterocycles. The van der Waals surface area contributed by atoms with E-state index in [1.165, 1.54) is 62.5 Å². The number of aliphatic hydroxyl groups is 1. The largest absolute Gasteiger partial charge is 0.393 e. The lowest BCUT2D eigenvalue weighted by Crippen LogP contribution is -2.36. The van der Waals surface area contributed by atoms with Gasteiger partial charge in [0, 0.05) is 0 Å². The van der Waals surface area contributed by atoms with E-state index in [4.69, 9.17) is 0 Å². The van der Waals surface area contributed by atoms with Crippen molar-refractivity contribution < 1.29 is 5.11 Å². The second kappa shape index (κ2) is 9.33. The van der Waals surface area contributed by atoms with Crippen molar-refractivity contribution in [2.75, 3.05) is 0 Å². The first kappa shape index (κ1) is 21.9. The van der Waals surface area contributed by atoms with Crippen molar-refractivity contribution in [2.24, 2.45) is 29.1 Å². The number of rotatable bonds is 6. The van der Waals surface area contributed by atoms with Crippen LogP contribution in [-0.4, -0.2) is 11.2 Å². The molecule has 0 radical (unpaired) electrons. The molecular weight excluding hydrogens is 340 g/mol. The Hall–Kier alpha value is -0.820. The third kappa shape index (κ3) is 4.84. The Morgan fingerprint density at radius 3 is 2.64 bits per heavy atom. The highest BCUT2D eigenvalue weighted by molar-refractivity contribution is 5.36. The van der Waals surface area contributed by atoms with Gasteiger partial charge in [0.2, 0.25) is 0 Å². The zero-order valence-corrected chi connectivity index (χ0v) is 19.0. The fourth-order valence-corrected chi connectivity index (χ4v) is 6.66. The molecule has 0 bridgehead atoms. The molecule has 158 valence electrons. The van der Waals surface area contributed by atoms with E-state index < -0.39 is 0 Å². The molecule has 5 atom stereocenters. The molecule has 0 aromatic rings. The number of allylic oxidation sites excluding steroid dienone is 4. The van der Waals surface area contributed by atoms with Crippen LogP contribution in [0.2, 0.25) is 0 Å². The van der Waals surface area contributed by atoms with Crippen molar-refractivity contribution in [3.8, 4) is 0 Å². The topological polar surface area (TPSA) is 20.2 Å². The number of fused-ring (bicyclic) bond motifs is 1. The highest BCUT2D eigenvalue weighted by Gasteiger charge is 2.50. The predicted octanol–water partition coefficient (Wildman–Crippen LogP) is 7.62. The van der Waals surface area contributed by atoms with Gasteiger partial charge in [-0.1, -0.05) is 76.8 Å². The lowest BCUT2D eigenvalue weighted by atomic mass is 9.60. The van der Waals surface area contributed by atoms with Crippen molar-refractivity contribution in [1.29, 1.82) is 0 Å². The van der Waals surface area contributed by atoms with Gasteiger partial charge in [-0.3, -0.25) is 0 Å². The highest BCUT2D eigenvalue weighted by atomic mass is 16.3. The van der Waals surface area contributed by atoms with Crippen LogP contribution in [0.5, 0.6) is 0 Å². The molecule has 0 aromatic carbocycles. The fourth-order valence-electron chi connectivity index (χ4n) is 6.66. The summed E-state index contributed by atoms with van der Waals surface area (Å²) in [6.45, 7) is 14.1. The summed E-state index contributed by atoms with van der Waals surface area (Å²) < 4.78 is 0. The summed E-state index contributed by atoms with van der Waals surface area (Å²) >= 11 is 0.